The Hall–Kier alpha value is -5.16. The van der Waals surface area contributed by atoms with E-state index in [1.54, 1.807) is 0 Å². The van der Waals surface area contributed by atoms with Crippen molar-refractivity contribution in [2.45, 2.75) is 74.1 Å². The number of rotatable bonds is 6. The second kappa shape index (κ2) is 12.1. The van der Waals surface area contributed by atoms with E-state index in [9.17, 15) is 0 Å². The molecule has 0 saturated heterocycles. The SMILES string of the molecule is Cc1ccnc(-n2c3ccc(CC(C)(C)C)cc3c3ccc(Oc4cc(-n5nc(C)c(-c6ccccc6)c5C)cc(C(C)(C)C)c4)cc32)c1. The summed E-state index contributed by atoms with van der Waals surface area (Å²) in [5.41, 5.74) is 11.4. The predicted octanol–water partition coefficient (Wildman–Crippen LogP) is 11.6. The van der Waals surface area contributed by atoms with E-state index in [1.807, 2.05) is 18.3 Å². The molecule has 0 amide bonds. The lowest BCUT2D eigenvalue weighted by molar-refractivity contribution is 0.411. The molecule has 0 aliphatic carbocycles. The molecule has 0 spiro atoms. The molecule has 5 heteroatoms. The fraction of sp³-hybridized carbons (Fsp3) is 0.273. The Balaban J connectivity index is 1.36. The van der Waals surface area contributed by atoms with Crippen LogP contribution in [0.15, 0.2) is 103 Å². The normalized spacial score (nSPS) is 12.3. The zero-order valence-electron chi connectivity index (χ0n) is 30.2. The summed E-state index contributed by atoms with van der Waals surface area (Å²) in [5.74, 6) is 2.45. The van der Waals surface area contributed by atoms with Crippen LogP contribution in [-0.4, -0.2) is 19.3 Å². The Morgan fingerprint density at radius 3 is 2.18 bits per heavy atom. The second-order valence-corrected chi connectivity index (χ2v) is 15.7. The minimum absolute atomic E-state index is 0.0928. The Bertz CT molecular complexity index is 2330. The van der Waals surface area contributed by atoms with Gasteiger partial charge in [0.1, 0.15) is 17.3 Å². The van der Waals surface area contributed by atoms with Crippen LogP contribution in [0.2, 0.25) is 0 Å². The summed E-state index contributed by atoms with van der Waals surface area (Å²) in [6, 6.07) is 34.5. The highest BCUT2D eigenvalue weighted by atomic mass is 16.5. The van der Waals surface area contributed by atoms with E-state index in [0.717, 1.165) is 57.4 Å². The molecule has 0 fully saturated rings. The second-order valence-electron chi connectivity index (χ2n) is 15.7. The van der Waals surface area contributed by atoms with Crippen LogP contribution in [0.1, 0.15) is 69.6 Å². The molecule has 4 aromatic carbocycles. The maximum absolute atomic E-state index is 6.77. The molecule has 3 heterocycles. The molecule has 5 nitrogen and oxygen atoms in total. The number of aromatic nitrogens is 4. The summed E-state index contributed by atoms with van der Waals surface area (Å²) >= 11 is 0. The molecule has 7 rings (SSSR count). The van der Waals surface area contributed by atoms with E-state index in [2.05, 4.69) is 156 Å². The number of hydrogen-bond acceptors (Lipinski definition) is 3. The van der Waals surface area contributed by atoms with E-state index in [4.69, 9.17) is 14.8 Å². The molecule has 3 aromatic heterocycles. The van der Waals surface area contributed by atoms with E-state index in [0.29, 0.717) is 0 Å². The third-order valence-corrected chi connectivity index (χ3v) is 9.26. The lowest BCUT2D eigenvalue weighted by Gasteiger charge is -2.22. The highest BCUT2D eigenvalue weighted by Crippen LogP contribution is 2.38. The fourth-order valence-corrected chi connectivity index (χ4v) is 6.97. The van der Waals surface area contributed by atoms with Crippen molar-refractivity contribution in [1.82, 2.24) is 19.3 Å². The van der Waals surface area contributed by atoms with Gasteiger partial charge in [-0.25, -0.2) is 9.67 Å². The van der Waals surface area contributed by atoms with Crippen molar-refractivity contribution in [1.29, 1.82) is 0 Å². The maximum Gasteiger partial charge on any atom is 0.137 e. The summed E-state index contributed by atoms with van der Waals surface area (Å²) in [6.07, 6.45) is 2.90. The highest BCUT2D eigenvalue weighted by molar-refractivity contribution is 6.09. The predicted molar refractivity (Wildman–Crippen MR) is 204 cm³/mol. The van der Waals surface area contributed by atoms with Gasteiger partial charge < -0.3 is 4.74 Å². The summed E-state index contributed by atoms with van der Waals surface area (Å²) in [7, 11) is 0. The molecule has 0 bridgehead atoms. The molecule has 0 saturated carbocycles. The van der Waals surface area contributed by atoms with Crippen LogP contribution in [0.25, 0.3) is 44.4 Å². The first-order chi connectivity index (χ1) is 23.2. The minimum Gasteiger partial charge on any atom is -0.457 e. The van der Waals surface area contributed by atoms with Gasteiger partial charge in [0.2, 0.25) is 0 Å². The quantitative estimate of drug-likeness (QED) is 0.181. The number of pyridine rings is 1. The van der Waals surface area contributed by atoms with Gasteiger partial charge in [-0.3, -0.25) is 4.57 Å². The third-order valence-electron chi connectivity index (χ3n) is 9.26. The number of benzene rings is 4. The minimum atomic E-state index is -0.0928. The van der Waals surface area contributed by atoms with Crippen molar-refractivity contribution in [2.24, 2.45) is 5.41 Å². The third kappa shape index (κ3) is 6.38. The van der Waals surface area contributed by atoms with Crippen LogP contribution >= 0.6 is 0 Å². The van der Waals surface area contributed by atoms with Crippen molar-refractivity contribution in [3.8, 4) is 34.1 Å². The lowest BCUT2D eigenvalue weighted by atomic mass is 9.86. The van der Waals surface area contributed by atoms with Crippen LogP contribution < -0.4 is 4.74 Å². The van der Waals surface area contributed by atoms with Crippen LogP contribution in [0, 0.1) is 26.2 Å². The molecule has 0 unspecified atom stereocenters. The summed E-state index contributed by atoms with van der Waals surface area (Å²) in [6.45, 7) is 19.9. The number of nitrogens with zero attached hydrogens (tertiary/aromatic N) is 4. The summed E-state index contributed by atoms with van der Waals surface area (Å²) < 4.78 is 11.1. The zero-order valence-corrected chi connectivity index (χ0v) is 30.2. The van der Waals surface area contributed by atoms with Gasteiger partial charge in [-0.05, 0) is 109 Å². The van der Waals surface area contributed by atoms with Crippen molar-refractivity contribution in [2.75, 3.05) is 0 Å². The molecule has 0 aliphatic heterocycles. The van der Waals surface area contributed by atoms with E-state index in [-0.39, 0.29) is 10.8 Å². The van der Waals surface area contributed by atoms with Crippen molar-refractivity contribution >= 4 is 21.8 Å². The number of aryl methyl sites for hydroxylation is 2. The van der Waals surface area contributed by atoms with Gasteiger partial charge in [0.25, 0.3) is 0 Å². The first-order valence-electron chi connectivity index (χ1n) is 17.2. The van der Waals surface area contributed by atoms with Crippen LogP contribution in [0.3, 0.4) is 0 Å². The standard InChI is InChI=1S/C44H46N4O/c1-28-19-20-45-41(21-28)47-39-18-15-31(27-43(4,5)6)22-38(39)37-17-16-35(26-40(37)47)49-36-24-33(44(7,8)9)23-34(25-36)48-30(3)42(29(2)46-48)32-13-11-10-12-14-32/h10-26H,27H2,1-9H3. The highest BCUT2D eigenvalue weighted by Gasteiger charge is 2.21. The number of ether oxygens (including phenoxy) is 1. The topological polar surface area (TPSA) is 44.9 Å². The van der Waals surface area contributed by atoms with Gasteiger partial charge in [0.15, 0.2) is 0 Å². The van der Waals surface area contributed by atoms with Crippen molar-refractivity contribution in [3.63, 3.8) is 0 Å². The number of fused-ring (bicyclic) bond motifs is 3. The molecule has 0 radical (unpaired) electrons. The van der Waals surface area contributed by atoms with Gasteiger partial charge in [-0.15, -0.1) is 0 Å². The Labute approximate surface area is 290 Å². The smallest absolute Gasteiger partial charge is 0.137 e. The molecular weight excluding hydrogens is 601 g/mol. The van der Waals surface area contributed by atoms with Gasteiger partial charge in [-0.1, -0.05) is 77.9 Å². The van der Waals surface area contributed by atoms with Crippen molar-refractivity contribution < 1.29 is 4.74 Å². The number of hydrogen-bond donors (Lipinski definition) is 0. The van der Waals surface area contributed by atoms with Crippen LogP contribution in [0.4, 0.5) is 0 Å². The molecule has 248 valence electrons. The monoisotopic (exact) mass is 646 g/mol. The molecular formula is C44H46N4O. The van der Waals surface area contributed by atoms with Gasteiger partial charge >= 0.3 is 0 Å². The molecule has 0 N–H and O–H groups in total. The van der Waals surface area contributed by atoms with E-state index >= 15 is 0 Å². The molecule has 0 atom stereocenters. The Kier molecular flexibility index (Phi) is 7.98. The summed E-state index contributed by atoms with van der Waals surface area (Å²) in [5, 5.41) is 7.43. The first-order valence-corrected chi connectivity index (χ1v) is 17.2. The van der Waals surface area contributed by atoms with Gasteiger partial charge in [-0.2, -0.15) is 5.10 Å². The van der Waals surface area contributed by atoms with E-state index in [1.165, 1.54) is 33.0 Å². The maximum atomic E-state index is 6.77. The molecule has 49 heavy (non-hydrogen) atoms. The average molecular weight is 647 g/mol. The van der Waals surface area contributed by atoms with Gasteiger partial charge in [0.05, 0.1) is 22.4 Å². The zero-order chi connectivity index (χ0) is 34.7. The largest absolute Gasteiger partial charge is 0.457 e. The van der Waals surface area contributed by atoms with Crippen LogP contribution in [-0.2, 0) is 11.8 Å². The Morgan fingerprint density at radius 1 is 0.694 bits per heavy atom. The lowest BCUT2D eigenvalue weighted by Crippen LogP contribution is -2.12. The Morgan fingerprint density at radius 2 is 1.47 bits per heavy atom. The fourth-order valence-electron chi connectivity index (χ4n) is 6.97. The summed E-state index contributed by atoms with van der Waals surface area (Å²) in [4.78, 5) is 4.81. The average Bonchev–Trinajstić information content (AvgIpc) is 3.52. The molecule has 0 aliphatic rings. The van der Waals surface area contributed by atoms with Crippen molar-refractivity contribution in [3.05, 3.63) is 131 Å². The van der Waals surface area contributed by atoms with E-state index < -0.39 is 0 Å². The first kappa shape index (κ1) is 32.4. The molecule has 7 aromatic rings. The van der Waals surface area contributed by atoms with Crippen LogP contribution in [0.5, 0.6) is 11.5 Å². The van der Waals surface area contributed by atoms with Gasteiger partial charge in [0, 0.05) is 40.4 Å².